The van der Waals surface area contributed by atoms with Gasteiger partial charge >= 0.3 is 0 Å². The lowest BCUT2D eigenvalue weighted by atomic mass is 10.1. The highest BCUT2D eigenvalue weighted by Gasteiger charge is 2.13. The van der Waals surface area contributed by atoms with Crippen LogP contribution in [0, 0.1) is 0 Å². The van der Waals surface area contributed by atoms with Gasteiger partial charge in [-0.3, -0.25) is 9.97 Å². The summed E-state index contributed by atoms with van der Waals surface area (Å²) in [5.74, 6) is 0.532. The Morgan fingerprint density at radius 3 is 2.70 bits per heavy atom. The van der Waals surface area contributed by atoms with Crippen molar-refractivity contribution in [1.29, 1.82) is 0 Å². The van der Waals surface area contributed by atoms with Gasteiger partial charge in [-0.25, -0.2) is 0 Å². The van der Waals surface area contributed by atoms with Crippen LogP contribution in [-0.4, -0.2) is 14.3 Å². The number of hydrogen-bond acceptors (Lipinski definition) is 6. The largest absolute Gasteiger partial charge is 0.382 e. The zero-order valence-electron chi connectivity index (χ0n) is 10.7. The van der Waals surface area contributed by atoms with Crippen LogP contribution in [0.3, 0.4) is 0 Å². The van der Waals surface area contributed by atoms with E-state index < -0.39 is 0 Å². The average Bonchev–Trinajstić information content (AvgIpc) is 2.88. The summed E-state index contributed by atoms with van der Waals surface area (Å²) in [6, 6.07) is 9.69. The molecule has 0 amide bonds. The predicted molar refractivity (Wildman–Crippen MR) is 81.3 cm³/mol. The Morgan fingerprint density at radius 2 is 1.95 bits per heavy atom. The van der Waals surface area contributed by atoms with Crippen LogP contribution in [0.4, 0.5) is 10.8 Å². The number of rotatable bonds is 4. The fourth-order valence-electron chi connectivity index (χ4n) is 1.89. The maximum atomic E-state index is 5.97. The minimum atomic E-state index is 0.532. The Morgan fingerprint density at radius 1 is 1.10 bits per heavy atom. The molecule has 0 saturated heterocycles. The van der Waals surface area contributed by atoms with Gasteiger partial charge in [-0.15, -0.1) is 0 Å². The Kier molecular flexibility index (Phi) is 3.56. The number of nitrogen functional groups attached to an aromatic ring is 1. The van der Waals surface area contributed by atoms with Crippen molar-refractivity contribution in [3.05, 3.63) is 54.6 Å². The van der Waals surface area contributed by atoms with E-state index in [1.165, 1.54) is 11.5 Å². The lowest BCUT2D eigenvalue weighted by Crippen LogP contribution is -2.01. The fraction of sp³-hybridized carbons (Fsp3) is 0.0714. The zero-order chi connectivity index (χ0) is 13.8. The van der Waals surface area contributed by atoms with Gasteiger partial charge in [0.25, 0.3) is 0 Å². The number of aromatic nitrogens is 3. The predicted octanol–water partition coefficient (Wildman–Crippen LogP) is 2.79. The summed E-state index contributed by atoms with van der Waals surface area (Å²) in [5, 5.41) is 4.29. The highest BCUT2D eigenvalue weighted by Crippen LogP contribution is 2.36. The summed E-state index contributed by atoms with van der Waals surface area (Å²) < 4.78 is 4.22. The molecule has 0 fully saturated rings. The Hall–Kier alpha value is -2.47. The molecule has 0 saturated carbocycles. The molecule has 3 N–H and O–H groups in total. The van der Waals surface area contributed by atoms with Gasteiger partial charge in [0.05, 0.1) is 17.8 Å². The number of anilines is 2. The average molecular weight is 283 g/mol. The topological polar surface area (TPSA) is 76.7 Å². The molecule has 0 radical (unpaired) electrons. The molecule has 6 heteroatoms. The minimum absolute atomic E-state index is 0.532. The van der Waals surface area contributed by atoms with E-state index in [0.717, 1.165) is 21.8 Å². The standard InChI is InChI=1S/C14H13N5S/c15-13-12(10-4-7-16-8-5-10)14(20-19-13)18-9-11-3-1-2-6-17-11/h1-8,18H,9H2,(H2,15,19). The second kappa shape index (κ2) is 5.66. The number of hydrogen-bond donors (Lipinski definition) is 2. The first-order valence-corrected chi connectivity index (χ1v) is 6.91. The molecule has 0 unspecified atom stereocenters. The second-order valence-corrected chi connectivity index (χ2v) is 4.96. The third-order valence-electron chi connectivity index (χ3n) is 2.84. The van der Waals surface area contributed by atoms with Crippen molar-refractivity contribution in [1.82, 2.24) is 14.3 Å². The molecule has 0 bridgehead atoms. The summed E-state index contributed by atoms with van der Waals surface area (Å²) in [6.45, 7) is 0.639. The van der Waals surface area contributed by atoms with Crippen molar-refractivity contribution in [2.45, 2.75) is 6.54 Å². The molecule has 0 spiro atoms. The van der Waals surface area contributed by atoms with E-state index in [4.69, 9.17) is 5.73 Å². The van der Waals surface area contributed by atoms with Gasteiger partial charge in [0, 0.05) is 18.6 Å². The zero-order valence-corrected chi connectivity index (χ0v) is 11.5. The Labute approximate surface area is 120 Å². The van der Waals surface area contributed by atoms with Crippen LogP contribution in [0.25, 0.3) is 11.1 Å². The molecule has 20 heavy (non-hydrogen) atoms. The van der Waals surface area contributed by atoms with Gasteiger partial charge in [-0.1, -0.05) is 6.07 Å². The minimum Gasteiger partial charge on any atom is -0.382 e. The number of nitrogens with two attached hydrogens (primary N) is 1. The molecule has 3 aromatic rings. The smallest absolute Gasteiger partial charge is 0.147 e. The van der Waals surface area contributed by atoms with Crippen LogP contribution in [0.1, 0.15) is 5.69 Å². The van der Waals surface area contributed by atoms with Crippen LogP contribution in [0.15, 0.2) is 48.9 Å². The molecule has 100 valence electrons. The first kappa shape index (κ1) is 12.6. The molecule has 0 aliphatic rings. The van der Waals surface area contributed by atoms with E-state index in [9.17, 15) is 0 Å². The van der Waals surface area contributed by atoms with Crippen LogP contribution >= 0.6 is 11.5 Å². The maximum absolute atomic E-state index is 5.97. The van der Waals surface area contributed by atoms with Gasteiger partial charge in [0.1, 0.15) is 10.8 Å². The Bertz CT molecular complexity index is 681. The van der Waals surface area contributed by atoms with E-state index >= 15 is 0 Å². The van der Waals surface area contributed by atoms with Crippen LogP contribution < -0.4 is 11.1 Å². The monoisotopic (exact) mass is 283 g/mol. The van der Waals surface area contributed by atoms with Crippen LogP contribution in [0.5, 0.6) is 0 Å². The highest BCUT2D eigenvalue weighted by atomic mass is 32.1. The van der Waals surface area contributed by atoms with E-state index in [1.807, 2.05) is 30.3 Å². The fourth-order valence-corrected chi connectivity index (χ4v) is 2.63. The van der Waals surface area contributed by atoms with Gasteiger partial charge < -0.3 is 11.1 Å². The first-order valence-electron chi connectivity index (χ1n) is 6.14. The van der Waals surface area contributed by atoms with Crippen molar-refractivity contribution in [3.63, 3.8) is 0 Å². The molecule has 3 aromatic heterocycles. The summed E-state index contributed by atoms with van der Waals surface area (Å²) in [6.07, 6.45) is 5.27. The van der Waals surface area contributed by atoms with Crippen molar-refractivity contribution in [3.8, 4) is 11.1 Å². The molecular formula is C14H13N5S. The molecular weight excluding hydrogens is 270 g/mol. The van der Waals surface area contributed by atoms with Gasteiger partial charge in [-0.05, 0) is 41.4 Å². The third kappa shape index (κ3) is 2.60. The van der Waals surface area contributed by atoms with E-state index in [0.29, 0.717) is 12.4 Å². The summed E-state index contributed by atoms with van der Waals surface area (Å²) >= 11 is 1.36. The molecule has 5 nitrogen and oxygen atoms in total. The van der Waals surface area contributed by atoms with Crippen molar-refractivity contribution in [2.75, 3.05) is 11.1 Å². The quantitative estimate of drug-likeness (QED) is 0.770. The lowest BCUT2D eigenvalue weighted by molar-refractivity contribution is 1.05. The molecule has 3 rings (SSSR count). The number of nitrogens with one attached hydrogen (secondary N) is 1. The van der Waals surface area contributed by atoms with Crippen molar-refractivity contribution in [2.24, 2.45) is 0 Å². The molecule has 0 aromatic carbocycles. The summed E-state index contributed by atoms with van der Waals surface area (Å²) in [5.41, 5.74) is 8.87. The lowest BCUT2D eigenvalue weighted by Gasteiger charge is -2.06. The van der Waals surface area contributed by atoms with Gasteiger partial charge in [0.15, 0.2) is 0 Å². The second-order valence-electron chi connectivity index (χ2n) is 4.18. The van der Waals surface area contributed by atoms with Crippen molar-refractivity contribution >= 4 is 22.4 Å². The first-order chi connectivity index (χ1) is 9.84. The molecule has 0 atom stereocenters. The SMILES string of the molecule is Nc1nsc(NCc2ccccn2)c1-c1ccncc1. The van der Waals surface area contributed by atoms with E-state index in [-0.39, 0.29) is 0 Å². The third-order valence-corrected chi connectivity index (χ3v) is 3.66. The van der Waals surface area contributed by atoms with E-state index in [1.54, 1.807) is 18.6 Å². The number of nitrogens with zero attached hydrogens (tertiary/aromatic N) is 3. The van der Waals surface area contributed by atoms with Crippen LogP contribution in [-0.2, 0) is 6.54 Å². The normalized spacial score (nSPS) is 10.4. The summed E-state index contributed by atoms with van der Waals surface area (Å²) in [7, 11) is 0. The number of pyridine rings is 2. The van der Waals surface area contributed by atoms with Gasteiger partial charge in [0.2, 0.25) is 0 Å². The van der Waals surface area contributed by atoms with Gasteiger partial charge in [-0.2, -0.15) is 4.37 Å². The summed E-state index contributed by atoms with van der Waals surface area (Å²) in [4.78, 5) is 8.30. The maximum Gasteiger partial charge on any atom is 0.147 e. The Balaban J connectivity index is 1.85. The van der Waals surface area contributed by atoms with Crippen LogP contribution in [0.2, 0.25) is 0 Å². The highest BCUT2D eigenvalue weighted by molar-refractivity contribution is 7.11. The molecule has 3 heterocycles. The van der Waals surface area contributed by atoms with Crippen molar-refractivity contribution < 1.29 is 0 Å². The van der Waals surface area contributed by atoms with E-state index in [2.05, 4.69) is 19.7 Å². The molecule has 0 aliphatic carbocycles. The molecule has 0 aliphatic heterocycles.